The quantitative estimate of drug-likeness (QED) is 0.514. The summed E-state index contributed by atoms with van der Waals surface area (Å²) in [4.78, 5) is 12.0. The summed E-state index contributed by atoms with van der Waals surface area (Å²) in [6.45, 7) is 5.69. The van der Waals surface area contributed by atoms with Crippen LogP contribution in [0.4, 0.5) is 0 Å². The Bertz CT molecular complexity index is 370. The number of aliphatic hydroxyl groups is 1. The molecule has 0 bridgehead atoms. The van der Waals surface area contributed by atoms with Crippen molar-refractivity contribution in [3.05, 3.63) is 0 Å². The molecule has 0 amide bonds. The molecule has 2 atom stereocenters. The van der Waals surface area contributed by atoms with E-state index in [9.17, 15) is 14.5 Å². The van der Waals surface area contributed by atoms with Crippen LogP contribution in [0.25, 0.3) is 0 Å². The molecule has 1 N–H and O–H groups in total. The smallest absolute Gasteiger partial charge is 0.337 e. The summed E-state index contributed by atoms with van der Waals surface area (Å²) in [5.41, 5.74) is -0.855. The van der Waals surface area contributed by atoms with Gasteiger partial charge in [0, 0.05) is 0 Å². The number of carbonyl (C=O) groups is 1. The maximum absolute atomic E-state index is 13.2. The van der Waals surface area contributed by atoms with E-state index in [0.29, 0.717) is 0 Å². The molecule has 0 heterocycles. The first-order valence-electron chi connectivity index (χ1n) is 8.23. The van der Waals surface area contributed by atoms with Crippen molar-refractivity contribution in [3.8, 4) is 0 Å². The van der Waals surface area contributed by atoms with Crippen molar-refractivity contribution in [1.82, 2.24) is 0 Å². The molecule has 0 aromatic rings. The highest BCUT2D eigenvalue weighted by molar-refractivity contribution is 7.54. The Kier molecular flexibility index (Phi) is 8.62. The van der Waals surface area contributed by atoms with Gasteiger partial charge in [-0.05, 0) is 39.5 Å². The van der Waals surface area contributed by atoms with Gasteiger partial charge in [-0.15, -0.1) is 0 Å². The lowest BCUT2D eigenvalue weighted by Crippen LogP contribution is -2.42. The lowest BCUT2D eigenvalue weighted by Gasteiger charge is -2.36. The van der Waals surface area contributed by atoms with Crippen molar-refractivity contribution in [1.29, 1.82) is 0 Å². The Balaban J connectivity index is 3.06. The fraction of sp³-hybridized carbons (Fsp3) is 0.933. The highest BCUT2D eigenvalue weighted by atomic mass is 31.2. The number of carbonyl (C=O) groups excluding carboxylic acids is 1. The standard InChI is InChI=1S/C15H29O6P/c1-4-19-15(17)13(16)14(12-10-8-7-9-11-12)22(18,20-5-2)21-6-3/h12-14,16H,4-11H2,1-3H3/t13-,14+/m0/s1. The summed E-state index contributed by atoms with van der Waals surface area (Å²) in [6.07, 6.45) is 3.25. The fourth-order valence-electron chi connectivity index (χ4n) is 3.10. The van der Waals surface area contributed by atoms with Crippen molar-refractivity contribution < 1.29 is 28.3 Å². The third-order valence-electron chi connectivity index (χ3n) is 3.97. The average Bonchev–Trinajstić information content (AvgIpc) is 2.49. The van der Waals surface area contributed by atoms with Gasteiger partial charge in [0.1, 0.15) is 5.66 Å². The highest BCUT2D eigenvalue weighted by Gasteiger charge is 2.48. The molecule has 7 heteroatoms. The molecule has 0 aromatic carbocycles. The number of rotatable bonds is 9. The molecule has 1 aliphatic rings. The Labute approximate surface area is 133 Å². The average molecular weight is 336 g/mol. The van der Waals surface area contributed by atoms with Crippen molar-refractivity contribution in [2.45, 2.75) is 64.6 Å². The van der Waals surface area contributed by atoms with Gasteiger partial charge in [-0.3, -0.25) is 4.57 Å². The summed E-state index contributed by atoms with van der Waals surface area (Å²) >= 11 is 0. The van der Waals surface area contributed by atoms with Crippen molar-refractivity contribution in [2.24, 2.45) is 5.92 Å². The Morgan fingerprint density at radius 2 is 1.64 bits per heavy atom. The van der Waals surface area contributed by atoms with Crippen LogP contribution in [0.1, 0.15) is 52.9 Å². The molecule has 22 heavy (non-hydrogen) atoms. The minimum absolute atomic E-state index is 0.0583. The number of aliphatic hydroxyl groups excluding tert-OH is 1. The molecule has 0 saturated heterocycles. The first kappa shape index (κ1) is 19.6. The van der Waals surface area contributed by atoms with E-state index in [2.05, 4.69) is 0 Å². The Morgan fingerprint density at radius 1 is 1.09 bits per heavy atom. The van der Waals surface area contributed by atoms with Crippen LogP contribution in [0.2, 0.25) is 0 Å². The van der Waals surface area contributed by atoms with E-state index in [-0.39, 0.29) is 25.7 Å². The normalized spacial score (nSPS) is 19.6. The van der Waals surface area contributed by atoms with E-state index < -0.39 is 25.3 Å². The SMILES string of the molecule is CCOC(=O)[C@@H](O)[C@@H](C1CCCCC1)P(=O)(OCC)OCC. The predicted octanol–water partition coefficient (Wildman–Crippen LogP) is 3.13. The van der Waals surface area contributed by atoms with Crippen LogP contribution >= 0.6 is 7.60 Å². The molecule has 1 saturated carbocycles. The lowest BCUT2D eigenvalue weighted by molar-refractivity contribution is -0.154. The lowest BCUT2D eigenvalue weighted by atomic mass is 9.85. The van der Waals surface area contributed by atoms with Crippen LogP contribution in [0.5, 0.6) is 0 Å². The highest BCUT2D eigenvalue weighted by Crippen LogP contribution is 2.58. The Morgan fingerprint density at radius 3 is 2.09 bits per heavy atom. The summed E-state index contributed by atoms with van der Waals surface area (Å²) in [5, 5.41) is 10.4. The zero-order valence-corrected chi connectivity index (χ0v) is 14.7. The minimum atomic E-state index is -3.58. The molecule has 1 aliphatic carbocycles. The second-order valence-corrected chi connectivity index (χ2v) is 7.65. The van der Waals surface area contributed by atoms with E-state index in [4.69, 9.17) is 13.8 Å². The molecule has 0 aromatic heterocycles. The monoisotopic (exact) mass is 336 g/mol. The molecule has 0 spiro atoms. The van der Waals surface area contributed by atoms with Crippen LogP contribution in [-0.2, 0) is 23.1 Å². The van der Waals surface area contributed by atoms with E-state index in [1.165, 1.54) is 0 Å². The fourth-order valence-corrected chi connectivity index (χ4v) is 5.52. The van der Waals surface area contributed by atoms with Gasteiger partial charge in [-0.25, -0.2) is 4.79 Å². The van der Waals surface area contributed by atoms with Gasteiger partial charge in [0.25, 0.3) is 0 Å². The molecule has 0 unspecified atom stereocenters. The second kappa shape index (κ2) is 9.66. The molecular formula is C15H29O6P. The van der Waals surface area contributed by atoms with Crippen LogP contribution in [-0.4, -0.2) is 42.7 Å². The number of ether oxygens (including phenoxy) is 1. The van der Waals surface area contributed by atoms with Crippen molar-refractivity contribution in [3.63, 3.8) is 0 Å². The van der Waals surface area contributed by atoms with Crippen molar-refractivity contribution >= 4 is 13.6 Å². The van der Waals surface area contributed by atoms with Gasteiger partial charge in [0.05, 0.1) is 19.8 Å². The minimum Gasteiger partial charge on any atom is -0.464 e. The molecular weight excluding hydrogens is 307 g/mol. The summed E-state index contributed by atoms with van der Waals surface area (Å²) in [5.74, 6) is -0.810. The van der Waals surface area contributed by atoms with Crippen LogP contribution in [0.3, 0.4) is 0 Å². The van der Waals surface area contributed by atoms with E-state index in [1.807, 2.05) is 0 Å². The van der Waals surface area contributed by atoms with Gasteiger partial charge in [0.15, 0.2) is 6.10 Å². The second-order valence-electron chi connectivity index (χ2n) is 5.46. The molecule has 0 aliphatic heterocycles. The molecule has 6 nitrogen and oxygen atoms in total. The molecule has 130 valence electrons. The van der Waals surface area contributed by atoms with Crippen LogP contribution in [0, 0.1) is 5.92 Å². The molecule has 1 fully saturated rings. The first-order valence-corrected chi connectivity index (χ1v) is 9.84. The first-order chi connectivity index (χ1) is 10.5. The largest absolute Gasteiger partial charge is 0.464 e. The van der Waals surface area contributed by atoms with Gasteiger partial charge in [0.2, 0.25) is 0 Å². The van der Waals surface area contributed by atoms with E-state index in [0.717, 1.165) is 32.1 Å². The molecule has 1 rings (SSSR count). The Hall–Kier alpha value is -0.420. The maximum atomic E-state index is 13.2. The van der Waals surface area contributed by atoms with Gasteiger partial charge in [-0.2, -0.15) is 0 Å². The molecule has 0 radical (unpaired) electrons. The number of hydrogen-bond donors (Lipinski definition) is 1. The van der Waals surface area contributed by atoms with Crippen LogP contribution < -0.4 is 0 Å². The van der Waals surface area contributed by atoms with E-state index in [1.54, 1.807) is 20.8 Å². The number of hydrogen-bond acceptors (Lipinski definition) is 6. The summed E-state index contributed by atoms with van der Waals surface area (Å²) in [7, 11) is -3.58. The van der Waals surface area contributed by atoms with Gasteiger partial charge in [-0.1, -0.05) is 19.3 Å². The number of esters is 1. The zero-order valence-electron chi connectivity index (χ0n) is 13.8. The van der Waals surface area contributed by atoms with Gasteiger partial charge >= 0.3 is 13.6 Å². The third kappa shape index (κ3) is 5.05. The van der Waals surface area contributed by atoms with Crippen LogP contribution in [0.15, 0.2) is 0 Å². The van der Waals surface area contributed by atoms with E-state index >= 15 is 0 Å². The summed E-state index contributed by atoms with van der Waals surface area (Å²) in [6, 6.07) is 0. The zero-order chi connectivity index (χ0) is 16.6. The topological polar surface area (TPSA) is 82.1 Å². The predicted molar refractivity (Wildman–Crippen MR) is 83.9 cm³/mol. The third-order valence-corrected chi connectivity index (χ3v) is 6.64. The maximum Gasteiger partial charge on any atom is 0.337 e. The van der Waals surface area contributed by atoms with Gasteiger partial charge < -0.3 is 18.9 Å². The van der Waals surface area contributed by atoms with Crippen molar-refractivity contribution in [2.75, 3.05) is 19.8 Å². The summed E-state index contributed by atoms with van der Waals surface area (Å²) < 4.78 is 28.9.